The smallest absolute Gasteiger partial charge is 0.126 e. The average molecular weight is 182 g/mol. The predicted molar refractivity (Wildman–Crippen MR) is 50.4 cm³/mol. The van der Waals surface area contributed by atoms with Crippen LogP contribution in [0.4, 0.5) is 5.82 Å². The van der Waals surface area contributed by atoms with Crippen molar-refractivity contribution in [2.24, 2.45) is 0 Å². The Labute approximate surface area is 77.4 Å². The molecular weight excluding hydrogens is 168 g/mol. The summed E-state index contributed by atoms with van der Waals surface area (Å²) in [6.45, 7) is 3.59. The summed E-state index contributed by atoms with van der Waals surface area (Å²) in [6.07, 6.45) is 1.56. The molecular formula is C9H14N2O2. The van der Waals surface area contributed by atoms with E-state index in [0.29, 0.717) is 11.6 Å². The Morgan fingerprint density at radius 2 is 2.31 bits per heavy atom. The quantitative estimate of drug-likeness (QED) is 0.726. The maximum absolute atomic E-state index is 9.38. The molecule has 1 rings (SSSR count). The van der Waals surface area contributed by atoms with Crippen molar-refractivity contribution in [1.82, 2.24) is 4.98 Å². The number of ether oxygens (including phenoxy) is 1. The highest BCUT2D eigenvalue weighted by atomic mass is 16.5. The number of anilines is 1. The van der Waals surface area contributed by atoms with Gasteiger partial charge in [-0.05, 0) is 19.9 Å². The van der Waals surface area contributed by atoms with Crippen molar-refractivity contribution in [1.29, 1.82) is 0 Å². The van der Waals surface area contributed by atoms with Gasteiger partial charge in [-0.2, -0.15) is 0 Å². The second-order valence-electron chi connectivity index (χ2n) is 3.52. The molecule has 0 aromatic carbocycles. The van der Waals surface area contributed by atoms with E-state index in [4.69, 9.17) is 10.5 Å². The Morgan fingerprint density at radius 3 is 2.85 bits per heavy atom. The van der Waals surface area contributed by atoms with Crippen LogP contribution >= 0.6 is 0 Å². The summed E-state index contributed by atoms with van der Waals surface area (Å²) in [7, 11) is 0. The van der Waals surface area contributed by atoms with Gasteiger partial charge in [0.1, 0.15) is 18.2 Å². The van der Waals surface area contributed by atoms with Crippen LogP contribution in [0, 0.1) is 0 Å². The molecule has 1 aromatic heterocycles. The number of hydrogen-bond donors (Lipinski definition) is 2. The number of rotatable bonds is 3. The van der Waals surface area contributed by atoms with E-state index in [2.05, 4.69) is 4.98 Å². The highest BCUT2D eigenvalue weighted by Gasteiger charge is 2.13. The maximum Gasteiger partial charge on any atom is 0.126 e. The van der Waals surface area contributed by atoms with Gasteiger partial charge in [0, 0.05) is 12.3 Å². The lowest BCUT2D eigenvalue weighted by Gasteiger charge is -2.17. The Hall–Kier alpha value is -1.29. The van der Waals surface area contributed by atoms with Crippen LogP contribution in [0.2, 0.25) is 0 Å². The Kier molecular flexibility index (Phi) is 2.72. The number of pyridine rings is 1. The van der Waals surface area contributed by atoms with E-state index in [1.54, 1.807) is 32.2 Å². The number of aliphatic hydroxyl groups is 1. The molecule has 0 fully saturated rings. The van der Waals surface area contributed by atoms with Crippen molar-refractivity contribution in [3.8, 4) is 5.75 Å². The van der Waals surface area contributed by atoms with Gasteiger partial charge in [0.05, 0.1) is 5.60 Å². The van der Waals surface area contributed by atoms with E-state index >= 15 is 0 Å². The van der Waals surface area contributed by atoms with Gasteiger partial charge < -0.3 is 15.6 Å². The SMILES string of the molecule is CC(C)(O)COc1ccnc(N)c1. The topological polar surface area (TPSA) is 68.4 Å². The molecule has 3 N–H and O–H groups in total. The van der Waals surface area contributed by atoms with Crippen LogP contribution in [0.5, 0.6) is 5.75 Å². The fraction of sp³-hybridized carbons (Fsp3) is 0.444. The first-order chi connectivity index (χ1) is 5.97. The highest BCUT2D eigenvalue weighted by molar-refractivity contribution is 5.35. The minimum absolute atomic E-state index is 0.233. The zero-order valence-corrected chi connectivity index (χ0v) is 7.82. The molecule has 0 aliphatic heterocycles. The molecule has 0 aliphatic carbocycles. The fourth-order valence-electron chi connectivity index (χ4n) is 0.778. The minimum Gasteiger partial charge on any atom is -0.490 e. The van der Waals surface area contributed by atoms with Gasteiger partial charge in [0.15, 0.2) is 0 Å². The second-order valence-corrected chi connectivity index (χ2v) is 3.52. The second kappa shape index (κ2) is 3.62. The van der Waals surface area contributed by atoms with E-state index < -0.39 is 5.60 Å². The van der Waals surface area contributed by atoms with Crippen LogP contribution in [-0.4, -0.2) is 22.3 Å². The van der Waals surface area contributed by atoms with Gasteiger partial charge in [-0.25, -0.2) is 4.98 Å². The fourth-order valence-corrected chi connectivity index (χ4v) is 0.778. The van der Waals surface area contributed by atoms with Gasteiger partial charge in [0.25, 0.3) is 0 Å². The van der Waals surface area contributed by atoms with Crippen molar-refractivity contribution >= 4 is 5.82 Å². The zero-order chi connectivity index (χ0) is 9.90. The minimum atomic E-state index is -0.835. The Morgan fingerprint density at radius 1 is 1.62 bits per heavy atom. The molecule has 1 aromatic rings. The summed E-state index contributed by atoms with van der Waals surface area (Å²) in [5.74, 6) is 1.03. The molecule has 1 heterocycles. The van der Waals surface area contributed by atoms with Gasteiger partial charge in [-0.3, -0.25) is 0 Å². The number of aromatic nitrogens is 1. The Balaban J connectivity index is 2.55. The lowest BCUT2D eigenvalue weighted by molar-refractivity contribution is 0.0285. The average Bonchev–Trinajstić information content (AvgIpc) is 2.00. The maximum atomic E-state index is 9.38. The van der Waals surface area contributed by atoms with E-state index in [1.165, 1.54) is 0 Å². The molecule has 0 bridgehead atoms. The van der Waals surface area contributed by atoms with Gasteiger partial charge in [-0.15, -0.1) is 0 Å². The first-order valence-electron chi connectivity index (χ1n) is 4.04. The molecule has 0 aliphatic rings. The van der Waals surface area contributed by atoms with E-state index in [1.807, 2.05) is 0 Å². The number of nitrogens with zero attached hydrogens (tertiary/aromatic N) is 1. The first-order valence-corrected chi connectivity index (χ1v) is 4.04. The number of nitrogen functional groups attached to an aromatic ring is 1. The number of hydrogen-bond acceptors (Lipinski definition) is 4. The van der Waals surface area contributed by atoms with E-state index in [9.17, 15) is 5.11 Å². The number of nitrogens with two attached hydrogens (primary N) is 1. The molecule has 0 amide bonds. The van der Waals surface area contributed by atoms with Crippen LogP contribution in [0.25, 0.3) is 0 Å². The normalized spacial score (nSPS) is 11.3. The third-order valence-corrected chi connectivity index (χ3v) is 1.34. The van der Waals surface area contributed by atoms with Crippen molar-refractivity contribution in [2.45, 2.75) is 19.4 Å². The summed E-state index contributed by atoms with van der Waals surface area (Å²) < 4.78 is 5.28. The summed E-state index contributed by atoms with van der Waals surface area (Å²) in [5.41, 5.74) is 4.61. The Bertz CT molecular complexity index is 281. The molecule has 13 heavy (non-hydrogen) atoms. The van der Waals surface area contributed by atoms with Gasteiger partial charge in [-0.1, -0.05) is 0 Å². The molecule has 0 unspecified atom stereocenters. The van der Waals surface area contributed by atoms with Crippen LogP contribution in [0.1, 0.15) is 13.8 Å². The lowest BCUT2D eigenvalue weighted by atomic mass is 10.2. The predicted octanol–water partition coefficient (Wildman–Crippen LogP) is 0.814. The van der Waals surface area contributed by atoms with E-state index in [0.717, 1.165) is 0 Å². The first kappa shape index (κ1) is 9.80. The molecule has 0 atom stereocenters. The summed E-state index contributed by atoms with van der Waals surface area (Å²) in [4.78, 5) is 3.82. The largest absolute Gasteiger partial charge is 0.490 e. The molecule has 0 saturated heterocycles. The van der Waals surface area contributed by atoms with Gasteiger partial charge in [0.2, 0.25) is 0 Å². The molecule has 4 heteroatoms. The lowest BCUT2D eigenvalue weighted by Crippen LogP contribution is -2.27. The summed E-state index contributed by atoms with van der Waals surface area (Å²) in [5, 5.41) is 9.38. The molecule has 0 spiro atoms. The van der Waals surface area contributed by atoms with Crippen molar-refractivity contribution in [3.63, 3.8) is 0 Å². The molecule has 72 valence electrons. The molecule has 4 nitrogen and oxygen atoms in total. The van der Waals surface area contributed by atoms with Crippen molar-refractivity contribution in [2.75, 3.05) is 12.3 Å². The van der Waals surface area contributed by atoms with Crippen LogP contribution in [-0.2, 0) is 0 Å². The van der Waals surface area contributed by atoms with Crippen LogP contribution < -0.4 is 10.5 Å². The third-order valence-electron chi connectivity index (χ3n) is 1.34. The van der Waals surface area contributed by atoms with Crippen molar-refractivity contribution in [3.05, 3.63) is 18.3 Å². The third kappa shape index (κ3) is 3.75. The summed E-state index contributed by atoms with van der Waals surface area (Å²) >= 11 is 0. The van der Waals surface area contributed by atoms with Crippen LogP contribution in [0.3, 0.4) is 0 Å². The van der Waals surface area contributed by atoms with Crippen LogP contribution in [0.15, 0.2) is 18.3 Å². The standard InChI is InChI=1S/C9H14N2O2/c1-9(2,12)6-13-7-3-4-11-8(10)5-7/h3-5,12H,6H2,1-2H3,(H2,10,11). The van der Waals surface area contributed by atoms with E-state index in [-0.39, 0.29) is 6.61 Å². The highest BCUT2D eigenvalue weighted by Crippen LogP contribution is 2.13. The summed E-state index contributed by atoms with van der Waals surface area (Å²) in [6, 6.07) is 3.31. The monoisotopic (exact) mass is 182 g/mol. The molecule has 0 saturated carbocycles. The van der Waals surface area contributed by atoms with Gasteiger partial charge >= 0.3 is 0 Å². The van der Waals surface area contributed by atoms with Crippen molar-refractivity contribution < 1.29 is 9.84 Å². The molecule has 0 radical (unpaired) electrons. The zero-order valence-electron chi connectivity index (χ0n) is 7.82.